The minimum atomic E-state index is -0.439. The number of nitriles is 1. The van der Waals surface area contributed by atoms with Gasteiger partial charge in [0.15, 0.2) is 11.5 Å². The van der Waals surface area contributed by atoms with Gasteiger partial charge in [-0.05, 0) is 43.5 Å². The first-order valence-electron chi connectivity index (χ1n) is 7.57. The minimum Gasteiger partial charge on any atom is -0.490 e. The van der Waals surface area contributed by atoms with Crippen LogP contribution in [-0.4, -0.2) is 12.6 Å². The van der Waals surface area contributed by atoms with Crippen LogP contribution < -0.4 is 9.47 Å². The molecular weight excluding hydrogens is 326 g/mol. The molecule has 0 amide bonds. The molecule has 0 unspecified atom stereocenters. The summed E-state index contributed by atoms with van der Waals surface area (Å²) in [5, 5.41) is 9.17. The fourth-order valence-electron chi connectivity index (χ4n) is 2.22. The average molecular weight is 344 g/mol. The molecule has 0 bridgehead atoms. The molecular formula is C19H18ClNO3. The Morgan fingerprint density at radius 3 is 2.58 bits per heavy atom. The van der Waals surface area contributed by atoms with Crippen molar-refractivity contribution in [2.75, 3.05) is 6.61 Å². The number of halogens is 1. The highest BCUT2D eigenvalue weighted by atomic mass is 35.5. The van der Waals surface area contributed by atoms with Crippen LogP contribution in [0.5, 0.6) is 11.5 Å². The lowest BCUT2D eigenvalue weighted by atomic mass is 10.0. The molecule has 0 N–H and O–H groups in total. The zero-order valence-electron chi connectivity index (χ0n) is 13.9. The van der Waals surface area contributed by atoms with Crippen LogP contribution in [0.15, 0.2) is 30.3 Å². The topological polar surface area (TPSA) is 59.3 Å². The first kappa shape index (κ1) is 17.8. The van der Waals surface area contributed by atoms with Crippen LogP contribution in [0.25, 0.3) is 0 Å². The Morgan fingerprint density at radius 2 is 1.96 bits per heavy atom. The van der Waals surface area contributed by atoms with Crippen LogP contribution in [0.2, 0.25) is 5.02 Å². The summed E-state index contributed by atoms with van der Waals surface area (Å²) >= 11 is 6.13. The highest BCUT2D eigenvalue weighted by molar-refractivity contribution is 6.32. The number of esters is 1. The Labute approximate surface area is 146 Å². The van der Waals surface area contributed by atoms with Crippen LogP contribution in [0.4, 0.5) is 0 Å². The standard InChI is InChI=1S/C19H18ClNO3/c1-4-23-17-9-15(11-21)8-16(20)19(17)24-18(22)10-14-6-5-12(2)13(3)7-14/h5-9H,4,10H2,1-3H3. The predicted octanol–water partition coefficient (Wildman–Crippen LogP) is 4.38. The zero-order chi connectivity index (χ0) is 17.7. The maximum absolute atomic E-state index is 12.2. The third-order valence-corrected chi connectivity index (χ3v) is 3.85. The normalized spacial score (nSPS) is 10.1. The van der Waals surface area contributed by atoms with E-state index in [1.165, 1.54) is 17.7 Å². The van der Waals surface area contributed by atoms with Crippen LogP contribution in [0, 0.1) is 25.2 Å². The maximum Gasteiger partial charge on any atom is 0.315 e. The number of hydrogen-bond acceptors (Lipinski definition) is 4. The van der Waals surface area contributed by atoms with Gasteiger partial charge in [0.2, 0.25) is 0 Å². The molecule has 0 spiro atoms. The van der Waals surface area contributed by atoms with E-state index < -0.39 is 5.97 Å². The van der Waals surface area contributed by atoms with E-state index in [0.29, 0.717) is 12.2 Å². The van der Waals surface area contributed by atoms with Crippen LogP contribution in [0.3, 0.4) is 0 Å². The Hall–Kier alpha value is -2.51. The van der Waals surface area contributed by atoms with E-state index in [2.05, 4.69) is 0 Å². The number of carbonyl (C=O) groups is 1. The molecule has 0 aromatic heterocycles. The molecule has 0 aliphatic carbocycles. The van der Waals surface area contributed by atoms with Crippen molar-refractivity contribution >= 4 is 17.6 Å². The van der Waals surface area contributed by atoms with Crippen molar-refractivity contribution in [2.24, 2.45) is 0 Å². The van der Waals surface area contributed by atoms with E-state index in [-0.39, 0.29) is 22.9 Å². The highest BCUT2D eigenvalue weighted by Crippen LogP contribution is 2.36. The molecule has 0 atom stereocenters. The molecule has 0 saturated heterocycles. The summed E-state index contributed by atoms with van der Waals surface area (Å²) in [5.41, 5.74) is 3.50. The molecule has 124 valence electrons. The summed E-state index contributed by atoms with van der Waals surface area (Å²) in [6.45, 7) is 6.18. The number of aryl methyl sites for hydroxylation is 2. The Kier molecular flexibility index (Phi) is 5.83. The van der Waals surface area contributed by atoms with Gasteiger partial charge in [0.05, 0.1) is 29.7 Å². The second-order valence-corrected chi connectivity index (χ2v) is 5.81. The number of rotatable bonds is 5. The third kappa shape index (κ3) is 4.27. The molecule has 0 heterocycles. The SMILES string of the molecule is CCOc1cc(C#N)cc(Cl)c1OC(=O)Cc1ccc(C)c(C)c1. The second-order valence-electron chi connectivity index (χ2n) is 5.40. The van der Waals surface area contributed by atoms with Gasteiger partial charge in [0, 0.05) is 6.07 Å². The fourth-order valence-corrected chi connectivity index (χ4v) is 2.47. The molecule has 0 fully saturated rings. The quantitative estimate of drug-likeness (QED) is 0.597. The molecule has 24 heavy (non-hydrogen) atoms. The van der Waals surface area contributed by atoms with E-state index in [4.69, 9.17) is 26.3 Å². The molecule has 0 saturated carbocycles. The first-order chi connectivity index (χ1) is 11.4. The summed E-state index contributed by atoms with van der Waals surface area (Å²) in [7, 11) is 0. The van der Waals surface area contributed by atoms with E-state index in [0.717, 1.165) is 11.1 Å². The smallest absolute Gasteiger partial charge is 0.315 e. The van der Waals surface area contributed by atoms with E-state index in [1.54, 1.807) is 6.92 Å². The Morgan fingerprint density at radius 1 is 1.21 bits per heavy atom. The summed E-state index contributed by atoms with van der Waals surface area (Å²) in [4.78, 5) is 12.2. The third-order valence-electron chi connectivity index (χ3n) is 3.57. The van der Waals surface area contributed by atoms with Crippen molar-refractivity contribution in [1.29, 1.82) is 5.26 Å². The van der Waals surface area contributed by atoms with Gasteiger partial charge in [-0.3, -0.25) is 4.79 Å². The lowest BCUT2D eigenvalue weighted by molar-refractivity contribution is -0.133. The lowest BCUT2D eigenvalue weighted by Gasteiger charge is -2.13. The van der Waals surface area contributed by atoms with Crippen LogP contribution in [-0.2, 0) is 11.2 Å². The molecule has 0 radical (unpaired) electrons. The first-order valence-corrected chi connectivity index (χ1v) is 7.95. The summed E-state index contributed by atoms with van der Waals surface area (Å²) in [5.74, 6) is -0.00727. The van der Waals surface area contributed by atoms with Crippen molar-refractivity contribution in [2.45, 2.75) is 27.2 Å². The Balaban J connectivity index is 2.21. The molecule has 4 nitrogen and oxygen atoms in total. The number of ether oxygens (including phenoxy) is 2. The van der Waals surface area contributed by atoms with Crippen molar-refractivity contribution in [3.63, 3.8) is 0 Å². The Bertz CT molecular complexity index is 809. The average Bonchev–Trinajstić information content (AvgIpc) is 2.54. The monoisotopic (exact) mass is 343 g/mol. The van der Waals surface area contributed by atoms with Crippen molar-refractivity contribution < 1.29 is 14.3 Å². The van der Waals surface area contributed by atoms with Crippen molar-refractivity contribution in [3.05, 3.63) is 57.6 Å². The molecule has 0 aliphatic heterocycles. The van der Waals surface area contributed by atoms with Crippen molar-refractivity contribution in [1.82, 2.24) is 0 Å². The highest BCUT2D eigenvalue weighted by Gasteiger charge is 2.17. The van der Waals surface area contributed by atoms with Gasteiger partial charge in [0.25, 0.3) is 0 Å². The molecule has 0 aliphatic rings. The van der Waals surface area contributed by atoms with Gasteiger partial charge in [-0.25, -0.2) is 0 Å². The van der Waals surface area contributed by atoms with E-state index in [1.807, 2.05) is 38.1 Å². The van der Waals surface area contributed by atoms with Gasteiger partial charge in [-0.1, -0.05) is 29.8 Å². The van der Waals surface area contributed by atoms with Crippen molar-refractivity contribution in [3.8, 4) is 17.6 Å². The summed E-state index contributed by atoms with van der Waals surface area (Å²) < 4.78 is 10.8. The number of nitrogens with zero attached hydrogens (tertiary/aromatic N) is 1. The number of benzene rings is 2. The molecule has 2 rings (SSSR count). The minimum absolute atomic E-state index is 0.128. The fraction of sp³-hybridized carbons (Fsp3) is 0.263. The zero-order valence-corrected chi connectivity index (χ0v) is 14.6. The molecule has 5 heteroatoms. The van der Waals surface area contributed by atoms with Crippen LogP contribution >= 0.6 is 11.6 Å². The van der Waals surface area contributed by atoms with E-state index in [9.17, 15) is 4.79 Å². The second kappa shape index (κ2) is 7.85. The van der Waals surface area contributed by atoms with Gasteiger partial charge in [-0.2, -0.15) is 5.26 Å². The van der Waals surface area contributed by atoms with E-state index >= 15 is 0 Å². The van der Waals surface area contributed by atoms with Gasteiger partial charge in [0.1, 0.15) is 0 Å². The summed E-state index contributed by atoms with van der Waals surface area (Å²) in [6, 6.07) is 10.8. The predicted molar refractivity (Wildman–Crippen MR) is 92.6 cm³/mol. The molecule has 2 aromatic carbocycles. The maximum atomic E-state index is 12.2. The lowest BCUT2D eigenvalue weighted by Crippen LogP contribution is -2.13. The van der Waals surface area contributed by atoms with Gasteiger partial charge >= 0.3 is 5.97 Å². The van der Waals surface area contributed by atoms with Crippen LogP contribution in [0.1, 0.15) is 29.2 Å². The van der Waals surface area contributed by atoms with Gasteiger partial charge < -0.3 is 9.47 Å². The largest absolute Gasteiger partial charge is 0.490 e. The number of carbonyl (C=O) groups excluding carboxylic acids is 1. The van der Waals surface area contributed by atoms with Gasteiger partial charge in [-0.15, -0.1) is 0 Å². The number of hydrogen-bond donors (Lipinski definition) is 0. The summed E-state index contributed by atoms with van der Waals surface area (Å²) in [6.07, 6.45) is 0.128. The molecule has 2 aromatic rings.